The summed E-state index contributed by atoms with van der Waals surface area (Å²) in [5.41, 5.74) is 2.48. The van der Waals surface area contributed by atoms with Gasteiger partial charge in [-0.25, -0.2) is 9.59 Å². The maximum Gasteiger partial charge on any atom is 0.412 e. The minimum Gasteiger partial charge on any atom is -0.465 e. The zero-order valence-corrected chi connectivity index (χ0v) is 15.1. The fourth-order valence-electron chi connectivity index (χ4n) is 3.83. The summed E-state index contributed by atoms with van der Waals surface area (Å²) in [6.45, 7) is 2.70. The van der Waals surface area contributed by atoms with Gasteiger partial charge < -0.3 is 10.2 Å². The van der Waals surface area contributed by atoms with E-state index in [1.165, 1.54) is 29.1 Å². The third-order valence-corrected chi connectivity index (χ3v) is 5.49. The number of benzene rings is 1. The van der Waals surface area contributed by atoms with Crippen LogP contribution in [-0.2, 0) is 6.54 Å². The number of nitrogens with zero attached hydrogens (tertiary/aromatic N) is 4. The van der Waals surface area contributed by atoms with Crippen LogP contribution in [0.15, 0.2) is 30.6 Å². The Labute approximate surface area is 156 Å². The third-order valence-electron chi connectivity index (χ3n) is 5.49. The summed E-state index contributed by atoms with van der Waals surface area (Å²) in [4.78, 5) is 25.8. The van der Waals surface area contributed by atoms with E-state index in [1.54, 1.807) is 25.3 Å². The van der Waals surface area contributed by atoms with E-state index in [0.717, 1.165) is 17.7 Å². The smallest absolute Gasteiger partial charge is 0.412 e. The van der Waals surface area contributed by atoms with Crippen LogP contribution < -0.4 is 9.80 Å². The number of hydrogen-bond acceptors (Lipinski definition) is 3. The van der Waals surface area contributed by atoms with Crippen LogP contribution in [0.4, 0.5) is 21.0 Å². The van der Waals surface area contributed by atoms with Crippen molar-refractivity contribution in [3.05, 3.63) is 30.6 Å². The molecule has 8 heteroatoms. The Morgan fingerprint density at radius 2 is 1.93 bits per heavy atom. The molecule has 0 saturated heterocycles. The molecule has 142 valence electrons. The second kappa shape index (κ2) is 6.61. The van der Waals surface area contributed by atoms with Gasteiger partial charge >= 0.3 is 12.2 Å². The maximum absolute atomic E-state index is 11.7. The molecule has 1 aliphatic carbocycles. The van der Waals surface area contributed by atoms with Crippen LogP contribution in [0.1, 0.15) is 26.2 Å². The average Bonchev–Trinajstić information content (AvgIpc) is 3.05. The third kappa shape index (κ3) is 3.11. The van der Waals surface area contributed by atoms with Gasteiger partial charge in [0.1, 0.15) is 0 Å². The minimum absolute atomic E-state index is 0.0963. The van der Waals surface area contributed by atoms with Crippen LogP contribution in [0.2, 0.25) is 0 Å². The normalized spacial score (nSPS) is 19.5. The van der Waals surface area contributed by atoms with Gasteiger partial charge in [-0.15, -0.1) is 0 Å². The molecular weight excluding hydrogens is 348 g/mol. The minimum atomic E-state index is -1.09. The largest absolute Gasteiger partial charge is 0.465 e. The molecule has 1 aromatic carbocycles. The molecule has 8 nitrogen and oxygen atoms in total. The molecule has 4 rings (SSSR count). The Morgan fingerprint density at radius 1 is 1.15 bits per heavy atom. The summed E-state index contributed by atoms with van der Waals surface area (Å²) >= 11 is 0. The number of carbonyl (C=O) groups is 2. The predicted molar refractivity (Wildman–Crippen MR) is 100 cm³/mol. The van der Waals surface area contributed by atoms with Crippen LogP contribution in [0.25, 0.3) is 11.1 Å². The van der Waals surface area contributed by atoms with Gasteiger partial charge in [0.05, 0.1) is 30.2 Å². The second-order valence-corrected chi connectivity index (χ2v) is 7.35. The van der Waals surface area contributed by atoms with Gasteiger partial charge in [-0.05, 0) is 43.4 Å². The Bertz CT molecular complexity index is 890. The molecule has 1 aliphatic heterocycles. The van der Waals surface area contributed by atoms with Crippen molar-refractivity contribution in [1.82, 2.24) is 9.78 Å². The van der Waals surface area contributed by atoms with Crippen LogP contribution in [-0.4, -0.2) is 44.8 Å². The van der Waals surface area contributed by atoms with Crippen molar-refractivity contribution >= 4 is 23.6 Å². The number of carboxylic acid groups (broad SMARTS) is 2. The highest BCUT2D eigenvalue weighted by Crippen LogP contribution is 2.39. The zero-order chi connectivity index (χ0) is 19.1. The summed E-state index contributed by atoms with van der Waals surface area (Å²) in [6.07, 6.45) is 5.32. The second-order valence-electron chi connectivity index (χ2n) is 7.35. The molecule has 0 bridgehead atoms. The molecule has 2 amide bonds. The average molecular weight is 370 g/mol. The summed E-state index contributed by atoms with van der Waals surface area (Å²) in [6, 6.07) is 4.77. The summed E-state index contributed by atoms with van der Waals surface area (Å²) in [5, 5.41) is 23.5. The van der Waals surface area contributed by atoms with Crippen molar-refractivity contribution in [3.8, 4) is 11.1 Å². The first-order valence-electron chi connectivity index (χ1n) is 9.13. The van der Waals surface area contributed by atoms with Gasteiger partial charge in [-0.1, -0.05) is 12.5 Å². The lowest BCUT2D eigenvalue weighted by Gasteiger charge is -2.38. The van der Waals surface area contributed by atoms with Crippen LogP contribution in [0.3, 0.4) is 0 Å². The fraction of sp³-hybridized carbons (Fsp3) is 0.421. The van der Waals surface area contributed by atoms with E-state index in [2.05, 4.69) is 5.10 Å². The monoisotopic (exact) mass is 370 g/mol. The quantitative estimate of drug-likeness (QED) is 0.858. The molecule has 1 saturated carbocycles. The molecule has 1 aromatic heterocycles. The van der Waals surface area contributed by atoms with Crippen LogP contribution in [0, 0.1) is 5.92 Å². The molecule has 27 heavy (non-hydrogen) atoms. The molecule has 2 N–H and O–H groups in total. The lowest BCUT2D eigenvalue weighted by molar-refractivity contribution is 0.194. The summed E-state index contributed by atoms with van der Waals surface area (Å²) < 4.78 is 1.93. The van der Waals surface area contributed by atoms with Crippen molar-refractivity contribution in [2.75, 3.05) is 16.3 Å². The van der Waals surface area contributed by atoms with Gasteiger partial charge in [0, 0.05) is 18.3 Å². The van der Waals surface area contributed by atoms with Crippen LogP contribution >= 0.6 is 0 Å². The number of hydrogen-bond donors (Lipinski definition) is 2. The highest BCUT2D eigenvalue weighted by atomic mass is 16.4. The van der Waals surface area contributed by atoms with E-state index >= 15 is 0 Å². The number of aromatic nitrogens is 2. The van der Waals surface area contributed by atoms with Crippen molar-refractivity contribution in [2.24, 2.45) is 5.92 Å². The summed E-state index contributed by atoms with van der Waals surface area (Å²) in [7, 11) is 0. The van der Waals surface area contributed by atoms with Crippen LogP contribution in [0.5, 0.6) is 0 Å². The Kier molecular flexibility index (Phi) is 4.25. The topological polar surface area (TPSA) is 98.9 Å². The van der Waals surface area contributed by atoms with Gasteiger partial charge in [-0.3, -0.25) is 14.5 Å². The molecule has 2 aromatic rings. The van der Waals surface area contributed by atoms with Crippen molar-refractivity contribution < 1.29 is 19.8 Å². The van der Waals surface area contributed by atoms with Gasteiger partial charge in [0.15, 0.2) is 0 Å². The Balaban J connectivity index is 1.69. The van der Waals surface area contributed by atoms with Crippen molar-refractivity contribution in [1.29, 1.82) is 0 Å². The van der Waals surface area contributed by atoms with Gasteiger partial charge in [0.25, 0.3) is 0 Å². The molecule has 0 spiro atoms. The van der Waals surface area contributed by atoms with E-state index in [9.17, 15) is 19.8 Å². The number of fused-ring (bicyclic) bond motifs is 1. The van der Waals surface area contributed by atoms with Crippen molar-refractivity contribution in [3.63, 3.8) is 0 Å². The zero-order valence-electron chi connectivity index (χ0n) is 15.1. The first-order valence-corrected chi connectivity index (χ1v) is 9.13. The van der Waals surface area contributed by atoms with E-state index in [4.69, 9.17) is 0 Å². The van der Waals surface area contributed by atoms with E-state index in [0.29, 0.717) is 17.3 Å². The maximum atomic E-state index is 11.7. The standard InChI is InChI=1S/C19H22N4O4/c1-12-9-22(18(24)25)17-7-14(5-6-16(17)23(12)19(26)27)15-8-20-21(11-15)10-13-3-2-4-13/h5-8,11-13H,2-4,9-10H2,1H3,(H,24,25)(H,26,27)/t12-/m0/s1. The Morgan fingerprint density at radius 3 is 2.56 bits per heavy atom. The number of amides is 2. The lowest BCUT2D eigenvalue weighted by atomic mass is 9.85. The predicted octanol–water partition coefficient (Wildman–Crippen LogP) is 3.72. The molecule has 0 unspecified atom stereocenters. The van der Waals surface area contributed by atoms with Gasteiger partial charge in [0.2, 0.25) is 0 Å². The molecular formula is C19H22N4O4. The summed E-state index contributed by atoms with van der Waals surface area (Å²) in [5.74, 6) is 0.689. The Hall–Kier alpha value is -3.03. The number of anilines is 2. The molecule has 1 atom stereocenters. The van der Waals surface area contributed by atoms with E-state index in [-0.39, 0.29) is 6.54 Å². The first-order chi connectivity index (χ1) is 12.9. The molecule has 0 radical (unpaired) electrons. The first kappa shape index (κ1) is 17.4. The SMILES string of the molecule is C[C@H]1CN(C(=O)O)c2cc(-c3cnn(CC4CCC4)c3)ccc2N1C(=O)O. The molecule has 2 aliphatic rings. The highest BCUT2D eigenvalue weighted by Gasteiger charge is 2.35. The number of rotatable bonds is 3. The fourth-order valence-corrected chi connectivity index (χ4v) is 3.83. The van der Waals surface area contributed by atoms with E-state index in [1.807, 2.05) is 16.9 Å². The lowest BCUT2D eigenvalue weighted by Crippen LogP contribution is -2.51. The van der Waals surface area contributed by atoms with E-state index < -0.39 is 18.2 Å². The molecule has 1 fully saturated rings. The highest BCUT2D eigenvalue weighted by molar-refractivity contribution is 6.00. The van der Waals surface area contributed by atoms with Gasteiger partial charge in [-0.2, -0.15) is 5.10 Å². The van der Waals surface area contributed by atoms with Crippen molar-refractivity contribution in [2.45, 2.75) is 38.8 Å². The molecule has 2 heterocycles.